The fourth-order valence-electron chi connectivity index (χ4n) is 4.32. The van der Waals surface area contributed by atoms with E-state index in [0.717, 1.165) is 4.31 Å². The number of amides is 2. The number of rotatable bonds is 13. The second-order valence-corrected chi connectivity index (χ2v) is 13.0. The van der Waals surface area contributed by atoms with E-state index in [1.807, 2.05) is 0 Å². The van der Waals surface area contributed by atoms with Gasteiger partial charge in [-0.1, -0.05) is 40.9 Å². The molecule has 14 heteroatoms. The van der Waals surface area contributed by atoms with Crippen molar-refractivity contribution in [2.75, 3.05) is 32.2 Å². The van der Waals surface area contributed by atoms with Crippen LogP contribution in [0.4, 0.5) is 5.69 Å². The van der Waals surface area contributed by atoms with Gasteiger partial charge < -0.3 is 24.4 Å². The van der Waals surface area contributed by atoms with Crippen molar-refractivity contribution in [1.29, 1.82) is 0 Å². The molecule has 10 nitrogen and oxygen atoms in total. The van der Waals surface area contributed by atoms with E-state index in [4.69, 9.17) is 49.0 Å². The molecule has 0 saturated heterocycles. The molecule has 0 aliphatic rings. The summed E-state index contributed by atoms with van der Waals surface area (Å²) in [5.41, 5.74) is 0.390. The van der Waals surface area contributed by atoms with Crippen molar-refractivity contribution in [2.45, 2.75) is 44.3 Å². The van der Waals surface area contributed by atoms with E-state index in [9.17, 15) is 18.0 Å². The van der Waals surface area contributed by atoms with Crippen LogP contribution in [0, 0.1) is 0 Å². The van der Waals surface area contributed by atoms with E-state index in [2.05, 4.69) is 5.32 Å². The third kappa shape index (κ3) is 8.01. The lowest BCUT2D eigenvalue weighted by Gasteiger charge is -2.33. The average Bonchev–Trinajstić information content (AvgIpc) is 2.98. The summed E-state index contributed by atoms with van der Waals surface area (Å²) >= 11 is 19.1. The third-order valence-electron chi connectivity index (χ3n) is 6.62. The molecule has 0 radical (unpaired) electrons. The van der Waals surface area contributed by atoms with Crippen LogP contribution in [-0.2, 0) is 26.2 Å². The lowest BCUT2D eigenvalue weighted by Crippen LogP contribution is -2.52. The first-order valence-electron chi connectivity index (χ1n) is 13.4. The van der Waals surface area contributed by atoms with Gasteiger partial charge in [-0.3, -0.25) is 13.9 Å². The Hall–Kier alpha value is -3.38. The van der Waals surface area contributed by atoms with Gasteiger partial charge in [0.15, 0.2) is 11.5 Å². The molecular formula is C30H34Cl3N3O7S. The van der Waals surface area contributed by atoms with Crippen LogP contribution in [0.25, 0.3) is 0 Å². The number of anilines is 1. The number of halogens is 3. The van der Waals surface area contributed by atoms with Gasteiger partial charge in [-0.25, -0.2) is 8.42 Å². The highest BCUT2D eigenvalue weighted by Gasteiger charge is 2.35. The molecule has 0 spiro atoms. The summed E-state index contributed by atoms with van der Waals surface area (Å²) < 4.78 is 45.5. The minimum absolute atomic E-state index is 0.00172. The number of ether oxygens (including phenoxy) is 3. The molecule has 3 aromatic carbocycles. The number of sulfonamides is 1. The molecule has 1 N–H and O–H groups in total. The Morgan fingerprint density at radius 1 is 0.841 bits per heavy atom. The van der Waals surface area contributed by atoms with Crippen LogP contribution in [0.3, 0.4) is 0 Å². The summed E-state index contributed by atoms with van der Waals surface area (Å²) in [4.78, 5) is 28.4. The molecule has 238 valence electrons. The predicted octanol–water partition coefficient (Wildman–Crippen LogP) is 5.81. The Labute approximate surface area is 272 Å². The quantitative estimate of drug-likeness (QED) is 0.241. The Bertz CT molecular complexity index is 1600. The van der Waals surface area contributed by atoms with Crippen molar-refractivity contribution in [3.63, 3.8) is 0 Å². The Kier molecular flexibility index (Phi) is 12.0. The van der Waals surface area contributed by atoms with Crippen molar-refractivity contribution in [3.8, 4) is 17.2 Å². The molecule has 1 unspecified atom stereocenters. The van der Waals surface area contributed by atoms with E-state index >= 15 is 0 Å². The molecule has 0 saturated carbocycles. The van der Waals surface area contributed by atoms with E-state index in [1.54, 1.807) is 32.0 Å². The Morgan fingerprint density at radius 3 is 2.00 bits per heavy atom. The summed E-state index contributed by atoms with van der Waals surface area (Å²) in [6, 6.07) is 12.0. The van der Waals surface area contributed by atoms with Crippen LogP contribution < -0.4 is 23.8 Å². The lowest BCUT2D eigenvalue weighted by atomic mass is 10.1. The van der Waals surface area contributed by atoms with Crippen LogP contribution >= 0.6 is 34.8 Å². The minimum Gasteiger partial charge on any atom is -0.495 e. The van der Waals surface area contributed by atoms with Gasteiger partial charge in [-0.2, -0.15) is 0 Å². The topological polar surface area (TPSA) is 114 Å². The predicted molar refractivity (Wildman–Crippen MR) is 172 cm³/mol. The Balaban J connectivity index is 2.19. The van der Waals surface area contributed by atoms with Crippen molar-refractivity contribution in [2.24, 2.45) is 0 Å². The molecular weight excluding hydrogens is 653 g/mol. The van der Waals surface area contributed by atoms with Crippen LogP contribution in [0.15, 0.2) is 59.5 Å². The van der Waals surface area contributed by atoms with E-state index in [0.29, 0.717) is 11.3 Å². The fraction of sp³-hybridized carbons (Fsp3) is 0.333. The van der Waals surface area contributed by atoms with Gasteiger partial charge in [0.2, 0.25) is 11.8 Å². The Morgan fingerprint density at radius 2 is 1.43 bits per heavy atom. The average molecular weight is 687 g/mol. The second-order valence-electron chi connectivity index (χ2n) is 9.91. The number of nitrogens with one attached hydrogen (secondary N) is 1. The van der Waals surface area contributed by atoms with Crippen molar-refractivity contribution in [1.82, 2.24) is 10.2 Å². The van der Waals surface area contributed by atoms with Gasteiger partial charge in [0.05, 0.1) is 31.9 Å². The monoisotopic (exact) mass is 685 g/mol. The maximum absolute atomic E-state index is 14.3. The normalized spacial score (nSPS) is 12.0. The largest absolute Gasteiger partial charge is 0.495 e. The van der Waals surface area contributed by atoms with Crippen LogP contribution in [0.2, 0.25) is 15.1 Å². The molecule has 1 atom stereocenters. The summed E-state index contributed by atoms with van der Waals surface area (Å²) in [6.45, 7) is 4.18. The molecule has 44 heavy (non-hydrogen) atoms. The van der Waals surface area contributed by atoms with Gasteiger partial charge >= 0.3 is 0 Å². The lowest BCUT2D eigenvalue weighted by molar-refractivity contribution is -0.139. The van der Waals surface area contributed by atoms with Crippen LogP contribution in [0.1, 0.15) is 26.3 Å². The molecule has 0 aromatic heterocycles. The van der Waals surface area contributed by atoms with Gasteiger partial charge in [0.25, 0.3) is 10.0 Å². The number of carbonyl (C=O) groups excluding carboxylic acids is 2. The number of carbonyl (C=O) groups is 2. The van der Waals surface area contributed by atoms with Gasteiger partial charge in [-0.05, 0) is 63.2 Å². The molecule has 0 aliphatic heterocycles. The molecule has 0 fully saturated rings. The summed E-state index contributed by atoms with van der Waals surface area (Å²) in [5, 5.41) is 3.54. The SMILES string of the molecule is COc1ccc(S(=O)(=O)N(CC(=O)N(Cc2c(Cl)cccc2Cl)C(C)C(=O)NC(C)C)c2cc(Cl)ccc2OC)cc1OC. The smallest absolute Gasteiger partial charge is 0.265 e. The first-order chi connectivity index (χ1) is 20.7. The highest BCUT2D eigenvalue weighted by atomic mass is 35.5. The first-order valence-corrected chi connectivity index (χ1v) is 15.9. The zero-order chi connectivity index (χ0) is 32.8. The summed E-state index contributed by atoms with van der Waals surface area (Å²) in [6.07, 6.45) is 0. The zero-order valence-electron chi connectivity index (χ0n) is 25.1. The van der Waals surface area contributed by atoms with Gasteiger partial charge in [0.1, 0.15) is 18.3 Å². The van der Waals surface area contributed by atoms with Crippen molar-refractivity contribution < 1.29 is 32.2 Å². The van der Waals surface area contributed by atoms with Crippen molar-refractivity contribution >= 4 is 62.3 Å². The number of methoxy groups -OCH3 is 3. The summed E-state index contributed by atoms with van der Waals surface area (Å²) in [5.74, 6) is -0.573. The van der Waals surface area contributed by atoms with Crippen molar-refractivity contribution in [3.05, 3.63) is 75.2 Å². The molecule has 0 heterocycles. The molecule has 3 rings (SSSR count). The van der Waals surface area contributed by atoms with E-state index in [-0.39, 0.29) is 49.7 Å². The molecule has 2 amide bonds. The zero-order valence-corrected chi connectivity index (χ0v) is 28.1. The molecule has 3 aromatic rings. The van der Waals surface area contributed by atoms with Gasteiger partial charge in [-0.15, -0.1) is 0 Å². The van der Waals surface area contributed by atoms with E-state index in [1.165, 1.54) is 69.6 Å². The highest BCUT2D eigenvalue weighted by Crippen LogP contribution is 2.37. The molecule has 0 aliphatic carbocycles. The third-order valence-corrected chi connectivity index (χ3v) is 9.32. The number of nitrogens with zero attached hydrogens (tertiary/aromatic N) is 2. The van der Waals surface area contributed by atoms with Gasteiger partial charge in [0, 0.05) is 39.3 Å². The second kappa shape index (κ2) is 15.1. The maximum Gasteiger partial charge on any atom is 0.265 e. The van der Waals surface area contributed by atoms with E-state index < -0.39 is 34.4 Å². The number of benzene rings is 3. The number of hydrogen-bond donors (Lipinski definition) is 1. The standard InChI is InChI=1S/C30H34Cl3N3O7S/c1-18(2)34-30(38)19(3)35(16-22-23(32)8-7-9-24(22)33)29(37)17-36(25-14-20(31)10-12-26(25)41-4)44(39,40)21-11-13-27(42-5)28(15-21)43-6/h7-15,18-19H,16-17H2,1-6H3,(H,34,38). The minimum atomic E-state index is -4.48. The van der Waals surface area contributed by atoms with Crippen LogP contribution in [0.5, 0.6) is 17.2 Å². The number of hydrogen-bond acceptors (Lipinski definition) is 7. The van der Waals surface area contributed by atoms with Crippen LogP contribution in [-0.4, -0.2) is 65.1 Å². The summed E-state index contributed by atoms with van der Waals surface area (Å²) in [7, 11) is -0.331. The highest BCUT2D eigenvalue weighted by molar-refractivity contribution is 7.92. The maximum atomic E-state index is 14.3. The first kappa shape index (κ1) is 35.1. The fourth-order valence-corrected chi connectivity index (χ4v) is 6.43. The molecule has 0 bridgehead atoms.